The highest BCUT2D eigenvalue weighted by molar-refractivity contribution is 5.81. The van der Waals surface area contributed by atoms with Crippen LogP contribution in [0, 0.1) is 6.92 Å². The molecule has 92 valence electrons. The van der Waals surface area contributed by atoms with E-state index in [-0.39, 0.29) is 0 Å². The van der Waals surface area contributed by atoms with Crippen LogP contribution < -0.4 is 5.73 Å². The summed E-state index contributed by atoms with van der Waals surface area (Å²) in [6.07, 6.45) is 3.28. The number of aryl methyl sites for hydroxylation is 1. The number of ether oxygens (including phenoxy) is 1. The summed E-state index contributed by atoms with van der Waals surface area (Å²) in [6, 6.07) is 9.83. The van der Waals surface area contributed by atoms with E-state index in [1.54, 1.807) is 19.6 Å². The van der Waals surface area contributed by atoms with Gasteiger partial charge in [-0.3, -0.25) is 0 Å². The second kappa shape index (κ2) is 5.31. The number of hydrogen-bond acceptors (Lipinski definition) is 4. The minimum absolute atomic E-state index is 0.396. The van der Waals surface area contributed by atoms with Gasteiger partial charge in [-0.1, -0.05) is 30.3 Å². The summed E-state index contributed by atoms with van der Waals surface area (Å²) in [5.41, 5.74) is 9.16. The first-order valence-electron chi connectivity index (χ1n) is 5.60. The molecule has 0 radical (unpaired) electrons. The monoisotopic (exact) mass is 241 g/mol. The fourth-order valence-corrected chi connectivity index (χ4v) is 1.68. The number of nitrogens with two attached hydrogens (primary N) is 1. The van der Waals surface area contributed by atoms with Crippen LogP contribution >= 0.6 is 0 Å². The van der Waals surface area contributed by atoms with Crippen LogP contribution in [-0.4, -0.2) is 17.1 Å². The highest BCUT2D eigenvalue weighted by Gasteiger charge is 2.11. The van der Waals surface area contributed by atoms with Gasteiger partial charge in [0.2, 0.25) is 0 Å². The van der Waals surface area contributed by atoms with E-state index >= 15 is 0 Å². The molecule has 4 heteroatoms. The average Bonchev–Trinajstić information content (AvgIpc) is 2.40. The van der Waals surface area contributed by atoms with Crippen molar-refractivity contribution in [2.45, 2.75) is 6.92 Å². The van der Waals surface area contributed by atoms with Gasteiger partial charge in [0.05, 0.1) is 25.3 Å². The van der Waals surface area contributed by atoms with Gasteiger partial charge in [-0.15, -0.1) is 0 Å². The molecule has 0 aliphatic heterocycles. The molecule has 0 bridgehead atoms. The molecule has 0 atom stereocenters. The number of methoxy groups -OCH3 is 1. The van der Waals surface area contributed by atoms with E-state index in [0.29, 0.717) is 11.5 Å². The van der Waals surface area contributed by atoms with Crippen molar-refractivity contribution in [2.75, 3.05) is 12.8 Å². The molecule has 2 N–H and O–H groups in total. The van der Waals surface area contributed by atoms with Crippen LogP contribution in [0.25, 0.3) is 5.57 Å². The Balaban J connectivity index is 2.56. The summed E-state index contributed by atoms with van der Waals surface area (Å²) < 4.78 is 5.12. The zero-order valence-electron chi connectivity index (χ0n) is 10.4. The molecule has 1 aromatic carbocycles. The fraction of sp³-hybridized carbons (Fsp3) is 0.143. The van der Waals surface area contributed by atoms with Crippen LogP contribution in [0.2, 0.25) is 0 Å². The lowest BCUT2D eigenvalue weighted by molar-refractivity contribution is 0.340. The Bertz CT molecular complexity index is 565. The molecule has 4 nitrogen and oxygen atoms in total. The lowest BCUT2D eigenvalue weighted by Crippen LogP contribution is -2.03. The Morgan fingerprint density at radius 1 is 1.28 bits per heavy atom. The maximum Gasteiger partial charge on any atom is 0.150 e. The second-order valence-electron chi connectivity index (χ2n) is 3.88. The quantitative estimate of drug-likeness (QED) is 0.838. The van der Waals surface area contributed by atoms with Gasteiger partial charge in [0, 0.05) is 5.57 Å². The van der Waals surface area contributed by atoms with Crippen LogP contribution in [0.3, 0.4) is 0 Å². The molecular weight excluding hydrogens is 226 g/mol. The van der Waals surface area contributed by atoms with Crippen molar-refractivity contribution < 1.29 is 4.74 Å². The van der Waals surface area contributed by atoms with Crippen molar-refractivity contribution in [3.05, 3.63) is 59.7 Å². The minimum atomic E-state index is 0.396. The molecule has 0 saturated carbocycles. The van der Waals surface area contributed by atoms with Gasteiger partial charge in [0.15, 0.2) is 0 Å². The van der Waals surface area contributed by atoms with Gasteiger partial charge in [0.1, 0.15) is 11.5 Å². The Kier molecular flexibility index (Phi) is 3.57. The molecule has 0 amide bonds. The Morgan fingerprint density at radius 2 is 2.00 bits per heavy atom. The number of benzene rings is 1. The third-order valence-corrected chi connectivity index (χ3v) is 2.50. The van der Waals surface area contributed by atoms with Crippen LogP contribution in [0.4, 0.5) is 5.82 Å². The fourth-order valence-electron chi connectivity index (χ4n) is 1.68. The maximum atomic E-state index is 5.89. The predicted molar refractivity (Wildman–Crippen MR) is 71.7 cm³/mol. The smallest absolute Gasteiger partial charge is 0.150 e. The summed E-state index contributed by atoms with van der Waals surface area (Å²) in [5.74, 6) is 0.396. The van der Waals surface area contributed by atoms with E-state index in [1.807, 2.05) is 37.3 Å². The van der Waals surface area contributed by atoms with E-state index in [4.69, 9.17) is 10.5 Å². The summed E-state index contributed by atoms with van der Waals surface area (Å²) in [5, 5.41) is 0. The number of nitrogen functional groups attached to an aromatic ring is 1. The van der Waals surface area contributed by atoms with Crippen molar-refractivity contribution in [2.24, 2.45) is 0 Å². The van der Waals surface area contributed by atoms with Gasteiger partial charge in [0.25, 0.3) is 0 Å². The van der Waals surface area contributed by atoms with Crippen molar-refractivity contribution >= 4 is 11.4 Å². The molecule has 0 spiro atoms. The molecule has 0 unspecified atom stereocenters. The zero-order valence-corrected chi connectivity index (χ0v) is 10.4. The van der Waals surface area contributed by atoms with Gasteiger partial charge in [-0.25, -0.2) is 9.97 Å². The van der Waals surface area contributed by atoms with Crippen molar-refractivity contribution in [3.63, 3.8) is 0 Å². The number of aromatic nitrogens is 2. The van der Waals surface area contributed by atoms with E-state index in [2.05, 4.69) is 9.97 Å². The van der Waals surface area contributed by atoms with Gasteiger partial charge < -0.3 is 10.5 Å². The molecule has 0 saturated heterocycles. The largest absolute Gasteiger partial charge is 0.504 e. The average molecular weight is 241 g/mol. The lowest BCUT2D eigenvalue weighted by Gasteiger charge is -2.09. The molecule has 18 heavy (non-hydrogen) atoms. The third-order valence-electron chi connectivity index (χ3n) is 2.50. The second-order valence-corrected chi connectivity index (χ2v) is 3.88. The standard InChI is InChI=1S/C14H15N3O/c1-10-8-16-14(15)13(17-10)12(9-18-2)11-6-4-3-5-7-11/h3-9H,1-2H3,(H2,15,16)/b12-9+. The molecule has 1 aromatic heterocycles. The zero-order chi connectivity index (χ0) is 13.0. The number of hydrogen-bond donors (Lipinski definition) is 1. The minimum Gasteiger partial charge on any atom is -0.504 e. The van der Waals surface area contributed by atoms with Gasteiger partial charge in [-0.2, -0.15) is 0 Å². The van der Waals surface area contributed by atoms with E-state index in [9.17, 15) is 0 Å². The summed E-state index contributed by atoms with van der Waals surface area (Å²) >= 11 is 0. The number of rotatable bonds is 3. The van der Waals surface area contributed by atoms with Crippen LogP contribution in [0.5, 0.6) is 0 Å². The first kappa shape index (κ1) is 12.1. The normalized spacial score (nSPS) is 11.3. The number of anilines is 1. The predicted octanol–water partition coefficient (Wildman–Crippen LogP) is 2.40. The van der Waals surface area contributed by atoms with E-state index in [1.165, 1.54) is 0 Å². The van der Waals surface area contributed by atoms with Crippen LogP contribution in [0.1, 0.15) is 17.0 Å². The highest BCUT2D eigenvalue weighted by atomic mass is 16.5. The molecule has 0 aliphatic rings. The first-order valence-corrected chi connectivity index (χ1v) is 5.60. The summed E-state index contributed by atoms with van der Waals surface area (Å²) in [7, 11) is 1.60. The third kappa shape index (κ3) is 2.48. The van der Waals surface area contributed by atoms with Gasteiger partial charge >= 0.3 is 0 Å². The Hall–Kier alpha value is -2.36. The SMILES string of the molecule is CO/C=C(\c1ccccc1)c1nc(C)cnc1N. The van der Waals surface area contributed by atoms with Crippen molar-refractivity contribution in [1.82, 2.24) is 9.97 Å². The summed E-state index contributed by atoms with van der Waals surface area (Å²) in [6.45, 7) is 1.88. The molecule has 0 fully saturated rings. The van der Waals surface area contributed by atoms with Crippen LogP contribution in [-0.2, 0) is 4.74 Å². The Morgan fingerprint density at radius 3 is 2.67 bits per heavy atom. The van der Waals surface area contributed by atoms with Crippen molar-refractivity contribution in [3.8, 4) is 0 Å². The van der Waals surface area contributed by atoms with Crippen molar-refractivity contribution in [1.29, 1.82) is 0 Å². The highest BCUT2D eigenvalue weighted by Crippen LogP contribution is 2.25. The lowest BCUT2D eigenvalue weighted by atomic mass is 10.0. The maximum absolute atomic E-state index is 5.89. The Labute approximate surface area is 106 Å². The molecule has 0 aliphatic carbocycles. The van der Waals surface area contributed by atoms with E-state index in [0.717, 1.165) is 16.8 Å². The summed E-state index contributed by atoms with van der Waals surface area (Å²) in [4.78, 5) is 8.56. The van der Waals surface area contributed by atoms with Gasteiger partial charge in [-0.05, 0) is 12.5 Å². The van der Waals surface area contributed by atoms with Crippen LogP contribution in [0.15, 0.2) is 42.8 Å². The molecular formula is C14H15N3O. The molecule has 2 rings (SSSR count). The first-order chi connectivity index (χ1) is 8.72. The van der Waals surface area contributed by atoms with E-state index < -0.39 is 0 Å². The molecule has 2 aromatic rings. The molecule has 1 heterocycles. The number of nitrogens with zero attached hydrogens (tertiary/aromatic N) is 2. The topological polar surface area (TPSA) is 61.0 Å².